The second-order valence-electron chi connectivity index (χ2n) is 6.02. The molecule has 2 N–H and O–H groups in total. The Hall–Kier alpha value is -3.28. The minimum absolute atomic E-state index is 0.00128. The average Bonchev–Trinajstić information content (AvgIpc) is 3.15. The third kappa shape index (κ3) is 2.19. The normalized spacial score (nSPS) is 16.7. The summed E-state index contributed by atoms with van der Waals surface area (Å²) in [6.07, 6.45) is -2.94. The van der Waals surface area contributed by atoms with Crippen LogP contribution in [0.25, 0.3) is 15.7 Å². The Morgan fingerprint density at radius 3 is 2.77 bits per heavy atom. The maximum absolute atomic E-state index is 14.8. The molecule has 26 heavy (non-hydrogen) atoms. The van der Waals surface area contributed by atoms with E-state index in [4.69, 9.17) is 11.1 Å². The van der Waals surface area contributed by atoms with Gasteiger partial charge in [0.05, 0.1) is 29.4 Å². The quantitative estimate of drug-likeness (QED) is 0.671. The summed E-state index contributed by atoms with van der Waals surface area (Å²) in [6.45, 7) is 10.8. The van der Waals surface area contributed by atoms with E-state index in [0.29, 0.717) is 27.9 Å². The molecular formula is C17H12F3N5O. The zero-order valence-corrected chi connectivity index (χ0v) is 13.7. The molecule has 0 aliphatic carbocycles. The van der Waals surface area contributed by atoms with Gasteiger partial charge in [-0.1, -0.05) is 5.16 Å². The van der Waals surface area contributed by atoms with Gasteiger partial charge in [0.25, 0.3) is 6.43 Å². The van der Waals surface area contributed by atoms with Gasteiger partial charge >= 0.3 is 0 Å². The van der Waals surface area contributed by atoms with Gasteiger partial charge in [-0.2, -0.15) is 5.10 Å². The summed E-state index contributed by atoms with van der Waals surface area (Å²) in [5, 5.41) is 13.6. The number of hydrogen-bond donors (Lipinski definition) is 2. The van der Waals surface area contributed by atoms with Crippen molar-refractivity contribution in [2.24, 2.45) is 0 Å². The Morgan fingerprint density at radius 1 is 1.31 bits per heavy atom. The predicted molar refractivity (Wildman–Crippen MR) is 87.1 cm³/mol. The van der Waals surface area contributed by atoms with Gasteiger partial charge in [-0.3, -0.25) is 5.10 Å². The Balaban J connectivity index is 2.04. The van der Waals surface area contributed by atoms with Crippen molar-refractivity contribution in [1.82, 2.24) is 15.4 Å². The van der Waals surface area contributed by atoms with Crippen LogP contribution in [0.3, 0.4) is 0 Å². The van der Waals surface area contributed by atoms with Gasteiger partial charge in [0.2, 0.25) is 11.6 Å². The number of allylic oxidation sites excluding steroid dienone is 2. The fourth-order valence-corrected chi connectivity index (χ4v) is 3.28. The fraction of sp³-hybridized carbons (Fsp3) is 0.235. The molecule has 0 bridgehead atoms. The van der Waals surface area contributed by atoms with Gasteiger partial charge in [0.15, 0.2) is 0 Å². The number of anilines is 1. The van der Waals surface area contributed by atoms with Crippen molar-refractivity contribution < 1.29 is 17.7 Å². The van der Waals surface area contributed by atoms with E-state index in [1.54, 1.807) is 13.8 Å². The number of aryl methyl sites for hydroxylation is 2. The first kappa shape index (κ1) is 16.2. The number of halogens is 3. The third-order valence-corrected chi connectivity index (χ3v) is 4.51. The maximum Gasteiger partial charge on any atom is 0.268 e. The number of rotatable bonds is 2. The van der Waals surface area contributed by atoms with Gasteiger partial charge in [-0.15, -0.1) is 0 Å². The van der Waals surface area contributed by atoms with E-state index in [0.717, 1.165) is 0 Å². The predicted octanol–water partition coefficient (Wildman–Crippen LogP) is 4.26. The number of alkyl halides is 2. The van der Waals surface area contributed by atoms with E-state index in [1.165, 1.54) is 12.1 Å². The van der Waals surface area contributed by atoms with E-state index in [-0.39, 0.29) is 17.1 Å². The Morgan fingerprint density at radius 2 is 2.08 bits per heavy atom. The number of nitrogens with zero attached hydrogens (tertiary/aromatic N) is 3. The lowest BCUT2D eigenvalue weighted by Gasteiger charge is -2.25. The van der Waals surface area contributed by atoms with Crippen LogP contribution >= 0.6 is 0 Å². The van der Waals surface area contributed by atoms with Crippen LogP contribution in [0.1, 0.15) is 28.4 Å². The number of aromatic amines is 1. The van der Waals surface area contributed by atoms with E-state index < -0.39 is 23.9 Å². The summed E-state index contributed by atoms with van der Waals surface area (Å²) >= 11 is 0. The lowest BCUT2D eigenvalue weighted by Crippen LogP contribution is -2.21. The molecule has 2 aromatic heterocycles. The monoisotopic (exact) mass is 359 g/mol. The first-order valence-electron chi connectivity index (χ1n) is 7.69. The maximum atomic E-state index is 14.8. The highest BCUT2D eigenvalue weighted by Crippen LogP contribution is 2.46. The van der Waals surface area contributed by atoms with Crippen molar-refractivity contribution >= 4 is 16.8 Å². The first-order chi connectivity index (χ1) is 12.4. The third-order valence-electron chi connectivity index (χ3n) is 4.51. The SMILES string of the molecule is [C-]#[N+]C1=C(C(F)F)Nc2onc(C)c2C1c1cc2c(C)[nH]nc2cc1F. The first-order valence-corrected chi connectivity index (χ1v) is 7.69. The fourth-order valence-electron chi connectivity index (χ4n) is 3.28. The summed E-state index contributed by atoms with van der Waals surface area (Å²) in [7, 11) is 0. The zero-order chi connectivity index (χ0) is 18.6. The Labute approximate surface area is 145 Å². The van der Waals surface area contributed by atoms with E-state index >= 15 is 0 Å². The summed E-state index contributed by atoms with van der Waals surface area (Å²) in [4.78, 5) is 3.29. The molecular weight excluding hydrogens is 347 g/mol. The molecule has 132 valence electrons. The summed E-state index contributed by atoms with van der Waals surface area (Å²) < 4.78 is 46.9. The van der Waals surface area contributed by atoms with Gasteiger partial charge in [0.1, 0.15) is 5.82 Å². The smallest absolute Gasteiger partial charge is 0.268 e. The standard InChI is InChI=1S/C17H12F3N5O/c1-6-8-4-9(10(18)5-11(8)24-23-6)13-12-7(2)25-26-17(12)22-15(16(19)20)14(13)21-3/h4-5,13,16,22H,1-2H3,(H,23,24). The second-order valence-corrected chi connectivity index (χ2v) is 6.02. The highest BCUT2D eigenvalue weighted by molar-refractivity contribution is 5.83. The number of hydrogen-bond acceptors (Lipinski definition) is 4. The summed E-state index contributed by atoms with van der Waals surface area (Å²) in [5.74, 6) is -1.69. The number of aromatic nitrogens is 3. The molecule has 1 unspecified atom stereocenters. The summed E-state index contributed by atoms with van der Waals surface area (Å²) in [6, 6.07) is 2.76. The molecule has 9 heteroatoms. The molecule has 1 aliphatic rings. The molecule has 0 saturated heterocycles. The highest BCUT2D eigenvalue weighted by atomic mass is 19.3. The Kier molecular flexibility index (Phi) is 3.50. The zero-order valence-electron chi connectivity index (χ0n) is 13.7. The van der Waals surface area contributed by atoms with E-state index in [1.807, 2.05) is 0 Å². The summed E-state index contributed by atoms with van der Waals surface area (Å²) in [5.41, 5.74) is 1.12. The second kappa shape index (κ2) is 5.62. The molecule has 1 aliphatic heterocycles. The van der Waals surface area contributed by atoms with Crippen LogP contribution < -0.4 is 5.32 Å². The van der Waals surface area contributed by atoms with E-state index in [2.05, 4.69) is 25.5 Å². The number of H-pyrrole nitrogens is 1. The van der Waals surface area contributed by atoms with Crippen LogP contribution in [-0.4, -0.2) is 21.8 Å². The van der Waals surface area contributed by atoms with Crippen molar-refractivity contribution in [2.75, 3.05) is 5.32 Å². The molecule has 4 rings (SSSR count). The molecule has 0 radical (unpaired) electrons. The molecule has 1 atom stereocenters. The van der Waals surface area contributed by atoms with Crippen molar-refractivity contribution in [2.45, 2.75) is 26.2 Å². The van der Waals surface area contributed by atoms with Crippen LogP contribution in [0, 0.1) is 26.2 Å². The van der Waals surface area contributed by atoms with Gasteiger partial charge in [-0.25, -0.2) is 18.0 Å². The van der Waals surface area contributed by atoms with Crippen molar-refractivity contribution in [3.8, 4) is 0 Å². The van der Waals surface area contributed by atoms with Gasteiger partial charge in [0, 0.05) is 22.7 Å². The van der Waals surface area contributed by atoms with E-state index in [9.17, 15) is 13.2 Å². The van der Waals surface area contributed by atoms with Crippen molar-refractivity contribution in [1.29, 1.82) is 0 Å². The highest BCUT2D eigenvalue weighted by Gasteiger charge is 2.39. The molecule has 0 fully saturated rings. The number of fused-ring (bicyclic) bond motifs is 2. The Bertz CT molecular complexity index is 1110. The van der Waals surface area contributed by atoms with Crippen LogP contribution in [-0.2, 0) is 0 Å². The number of nitrogens with one attached hydrogen (secondary N) is 2. The molecule has 0 spiro atoms. The minimum Gasteiger partial charge on any atom is -0.338 e. The van der Waals surface area contributed by atoms with Crippen LogP contribution in [0.4, 0.5) is 19.1 Å². The molecule has 3 aromatic rings. The topological polar surface area (TPSA) is 71.1 Å². The van der Waals surface area contributed by atoms with Gasteiger partial charge in [-0.05, 0) is 25.5 Å². The van der Waals surface area contributed by atoms with Crippen LogP contribution in [0.5, 0.6) is 0 Å². The lowest BCUT2D eigenvalue weighted by atomic mass is 9.84. The molecule has 0 saturated carbocycles. The van der Waals surface area contributed by atoms with Crippen LogP contribution in [0.15, 0.2) is 28.0 Å². The van der Waals surface area contributed by atoms with Crippen LogP contribution in [0.2, 0.25) is 0 Å². The van der Waals surface area contributed by atoms with Crippen molar-refractivity contribution in [3.63, 3.8) is 0 Å². The molecule has 6 nitrogen and oxygen atoms in total. The number of benzene rings is 1. The lowest BCUT2D eigenvalue weighted by molar-refractivity contribution is 0.188. The minimum atomic E-state index is -2.94. The van der Waals surface area contributed by atoms with Crippen molar-refractivity contribution in [3.05, 3.63) is 63.3 Å². The van der Waals surface area contributed by atoms with Gasteiger partial charge < -0.3 is 9.84 Å². The molecule has 3 heterocycles. The molecule has 1 aromatic carbocycles. The largest absolute Gasteiger partial charge is 0.338 e. The molecule has 0 amide bonds. The average molecular weight is 359 g/mol.